The summed E-state index contributed by atoms with van der Waals surface area (Å²) in [5.74, 6) is 1.81. The van der Waals surface area contributed by atoms with Crippen LogP contribution in [0.15, 0.2) is 47.4 Å². The number of hydrogen-bond acceptors (Lipinski definition) is 6. The van der Waals surface area contributed by atoms with Crippen LogP contribution in [0.1, 0.15) is 32.3 Å². The molecule has 0 spiro atoms. The number of ether oxygens (including phenoxy) is 3. The van der Waals surface area contributed by atoms with Crippen LogP contribution < -0.4 is 19.1 Å². The first-order chi connectivity index (χ1) is 14.6. The summed E-state index contributed by atoms with van der Waals surface area (Å²) in [5.41, 5.74) is 1.49. The van der Waals surface area contributed by atoms with Gasteiger partial charge in [-0.25, -0.2) is 0 Å². The highest BCUT2D eigenvalue weighted by Crippen LogP contribution is 2.40. The van der Waals surface area contributed by atoms with E-state index in [1.165, 1.54) is 16.7 Å². The van der Waals surface area contributed by atoms with Gasteiger partial charge < -0.3 is 14.2 Å². The normalized spacial score (nSPS) is 15.0. The Morgan fingerprint density at radius 3 is 2.60 bits per heavy atom. The van der Waals surface area contributed by atoms with Crippen molar-refractivity contribution in [1.82, 2.24) is 0 Å². The summed E-state index contributed by atoms with van der Waals surface area (Å²) in [4.78, 5) is 15.1. The molecule has 0 N–H and O–H groups in total. The summed E-state index contributed by atoms with van der Waals surface area (Å²) in [5, 5.41) is 0. The molecule has 7 heteroatoms. The number of thiocarbonyl (C=S) groups is 1. The molecule has 0 atom stereocenters. The number of unbranched alkanes of at least 4 members (excludes halogenated alkanes) is 1. The van der Waals surface area contributed by atoms with Crippen LogP contribution >= 0.6 is 24.0 Å². The minimum Gasteiger partial charge on any atom is -0.495 e. The zero-order chi connectivity index (χ0) is 21.5. The fraction of sp³-hybridized carbons (Fsp3) is 0.304. The van der Waals surface area contributed by atoms with Crippen molar-refractivity contribution >= 4 is 46.0 Å². The maximum Gasteiger partial charge on any atom is 0.270 e. The maximum absolute atomic E-state index is 13.1. The highest BCUT2D eigenvalue weighted by atomic mass is 32.2. The summed E-state index contributed by atoms with van der Waals surface area (Å²) in [6, 6.07) is 13.0. The number of nitrogens with zero attached hydrogens (tertiary/aromatic N) is 1. The van der Waals surface area contributed by atoms with Crippen LogP contribution in [0.5, 0.6) is 17.2 Å². The molecule has 0 radical (unpaired) electrons. The smallest absolute Gasteiger partial charge is 0.270 e. The average Bonchev–Trinajstić information content (AvgIpc) is 3.02. The van der Waals surface area contributed by atoms with Crippen LogP contribution in [0.25, 0.3) is 6.08 Å². The van der Waals surface area contributed by atoms with Crippen molar-refractivity contribution in [1.29, 1.82) is 0 Å². The number of amides is 1. The van der Waals surface area contributed by atoms with Gasteiger partial charge in [-0.3, -0.25) is 9.69 Å². The summed E-state index contributed by atoms with van der Waals surface area (Å²) < 4.78 is 17.4. The van der Waals surface area contributed by atoms with Gasteiger partial charge in [0.05, 0.1) is 30.9 Å². The number of methoxy groups -OCH3 is 1. The van der Waals surface area contributed by atoms with Crippen molar-refractivity contribution in [3.63, 3.8) is 0 Å². The van der Waals surface area contributed by atoms with Gasteiger partial charge in [0.1, 0.15) is 5.75 Å². The predicted octanol–water partition coefficient (Wildman–Crippen LogP) is 5.68. The van der Waals surface area contributed by atoms with Crippen LogP contribution in [0.2, 0.25) is 0 Å². The fourth-order valence-electron chi connectivity index (χ4n) is 2.97. The Bertz CT molecular complexity index is 958. The monoisotopic (exact) mass is 443 g/mol. The highest BCUT2D eigenvalue weighted by molar-refractivity contribution is 8.27. The van der Waals surface area contributed by atoms with Gasteiger partial charge in [-0.1, -0.05) is 55.5 Å². The van der Waals surface area contributed by atoms with E-state index in [1.54, 1.807) is 7.11 Å². The Morgan fingerprint density at radius 1 is 1.07 bits per heavy atom. The van der Waals surface area contributed by atoms with Crippen molar-refractivity contribution in [2.75, 3.05) is 25.2 Å². The Morgan fingerprint density at radius 2 is 1.87 bits per heavy atom. The molecule has 1 heterocycles. The van der Waals surface area contributed by atoms with Gasteiger partial charge in [0.25, 0.3) is 5.91 Å². The van der Waals surface area contributed by atoms with Gasteiger partial charge in [0.15, 0.2) is 15.8 Å². The lowest BCUT2D eigenvalue weighted by Crippen LogP contribution is -2.27. The number of anilines is 1. The van der Waals surface area contributed by atoms with E-state index >= 15 is 0 Å². The van der Waals surface area contributed by atoms with E-state index in [0.717, 1.165) is 18.4 Å². The highest BCUT2D eigenvalue weighted by Gasteiger charge is 2.34. The topological polar surface area (TPSA) is 48.0 Å². The van der Waals surface area contributed by atoms with Crippen molar-refractivity contribution < 1.29 is 19.0 Å². The SMILES string of the molecule is CCCCOc1ccc(/C=C2\SC(=S)N(c3ccccc3OC)C2=O)cc1OCC. The molecular formula is C23H25NO4S2. The minimum absolute atomic E-state index is 0.171. The number of thioether (sulfide) groups is 1. The third-order valence-corrected chi connectivity index (χ3v) is 5.74. The third kappa shape index (κ3) is 4.96. The first-order valence-corrected chi connectivity index (χ1v) is 11.1. The molecule has 0 aromatic heterocycles. The van der Waals surface area contributed by atoms with Gasteiger partial charge in [-0.15, -0.1) is 0 Å². The minimum atomic E-state index is -0.171. The standard InChI is InChI=1S/C23H25NO4S2/c1-4-6-13-28-19-12-11-16(14-20(19)27-5-2)15-21-22(25)24(23(29)30-21)17-9-7-8-10-18(17)26-3/h7-12,14-15H,4-6,13H2,1-3H3/b21-15-. The van der Waals surface area contributed by atoms with E-state index in [1.807, 2.05) is 55.5 Å². The molecule has 30 heavy (non-hydrogen) atoms. The van der Waals surface area contributed by atoms with E-state index in [2.05, 4.69) is 6.92 Å². The van der Waals surface area contributed by atoms with Gasteiger partial charge in [-0.2, -0.15) is 0 Å². The molecule has 1 saturated heterocycles. The number of benzene rings is 2. The molecular weight excluding hydrogens is 418 g/mol. The molecule has 2 aromatic rings. The molecule has 0 bridgehead atoms. The molecule has 1 fully saturated rings. The van der Waals surface area contributed by atoms with Crippen LogP contribution in [0, 0.1) is 0 Å². The number of rotatable bonds is 9. The van der Waals surface area contributed by atoms with Gasteiger partial charge >= 0.3 is 0 Å². The molecule has 158 valence electrons. The molecule has 0 aliphatic carbocycles. The van der Waals surface area contributed by atoms with Crippen LogP contribution in [0.3, 0.4) is 0 Å². The van der Waals surface area contributed by atoms with Gasteiger partial charge in [0, 0.05) is 0 Å². The van der Waals surface area contributed by atoms with Crippen molar-refractivity contribution in [3.8, 4) is 17.2 Å². The van der Waals surface area contributed by atoms with Gasteiger partial charge in [0.2, 0.25) is 0 Å². The van der Waals surface area contributed by atoms with E-state index < -0.39 is 0 Å². The molecule has 0 unspecified atom stereocenters. The Hall–Kier alpha value is -2.51. The lowest BCUT2D eigenvalue weighted by atomic mass is 10.1. The van der Waals surface area contributed by atoms with Crippen molar-refractivity contribution in [3.05, 3.63) is 52.9 Å². The number of hydrogen-bond donors (Lipinski definition) is 0. The van der Waals surface area contributed by atoms with Crippen molar-refractivity contribution in [2.45, 2.75) is 26.7 Å². The quantitative estimate of drug-likeness (QED) is 0.282. The van der Waals surface area contributed by atoms with E-state index in [4.69, 9.17) is 26.4 Å². The van der Waals surface area contributed by atoms with E-state index in [9.17, 15) is 4.79 Å². The van der Waals surface area contributed by atoms with E-state index in [-0.39, 0.29) is 5.91 Å². The van der Waals surface area contributed by atoms with Crippen LogP contribution in [0.4, 0.5) is 5.69 Å². The zero-order valence-corrected chi connectivity index (χ0v) is 19.0. The number of carbonyl (C=O) groups is 1. The first kappa shape index (κ1) is 22.2. The second-order valence-corrected chi connectivity index (χ2v) is 8.21. The third-order valence-electron chi connectivity index (χ3n) is 4.44. The van der Waals surface area contributed by atoms with E-state index in [0.29, 0.717) is 45.4 Å². The maximum atomic E-state index is 13.1. The molecule has 3 rings (SSSR count). The second kappa shape index (κ2) is 10.5. The molecule has 1 aliphatic rings. The Kier molecular flexibility index (Phi) is 7.76. The zero-order valence-electron chi connectivity index (χ0n) is 17.3. The second-order valence-electron chi connectivity index (χ2n) is 6.53. The Labute approximate surface area is 187 Å². The summed E-state index contributed by atoms with van der Waals surface area (Å²) in [7, 11) is 1.58. The number of para-hydroxylation sites is 2. The first-order valence-electron chi connectivity index (χ1n) is 9.89. The van der Waals surface area contributed by atoms with Crippen LogP contribution in [-0.2, 0) is 4.79 Å². The summed E-state index contributed by atoms with van der Waals surface area (Å²) in [6.07, 6.45) is 3.88. The fourth-order valence-corrected chi connectivity index (χ4v) is 4.25. The van der Waals surface area contributed by atoms with Crippen LogP contribution in [-0.4, -0.2) is 30.6 Å². The molecule has 1 aliphatic heterocycles. The lowest BCUT2D eigenvalue weighted by Gasteiger charge is -2.17. The predicted molar refractivity (Wildman–Crippen MR) is 127 cm³/mol. The molecule has 1 amide bonds. The largest absolute Gasteiger partial charge is 0.495 e. The number of carbonyl (C=O) groups excluding carboxylic acids is 1. The molecule has 2 aromatic carbocycles. The van der Waals surface area contributed by atoms with Gasteiger partial charge in [-0.05, 0) is 49.2 Å². The molecule has 0 saturated carbocycles. The molecule has 5 nitrogen and oxygen atoms in total. The Balaban J connectivity index is 1.87. The lowest BCUT2D eigenvalue weighted by molar-refractivity contribution is -0.113. The summed E-state index contributed by atoms with van der Waals surface area (Å²) >= 11 is 6.75. The summed E-state index contributed by atoms with van der Waals surface area (Å²) in [6.45, 7) is 5.23. The van der Waals surface area contributed by atoms with Crippen molar-refractivity contribution in [2.24, 2.45) is 0 Å². The average molecular weight is 444 g/mol.